The molecule has 5 nitrogen and oxygen atoms in total. The molecule has 2 aliphatic rings. The third-order valence-corrected chi connectivity index (χ3v) is 5.99. The Labute approximate surface area is 184 Å². The summed E-state index contributed by atoms with van der Waals surface area (Å²) in [7, 11) is 3.55. The maximum Gasteiger partial charge on any atom is 0.220 e. The van der Waals surface area contributed by atoms with Gasteiger partial charge in [-0.1, -0.05) is 23.7 Å². The number of nitrogens with one attached hydrogen (secondary N) is 2. The van der Waals surface area contributed by atoms with Gasteiger partial charge in [0.05, 0.1) is 0 Å². The molecule has 2 N–H and O–H groups in total. The average Bonchev–Trinajstić information content (AvgIpc) is 3.44. The third-order valence-electron chi connectivity index (χ3n) is 5.75. The highest BCUT2D eigenvalue weighted by molar-refractivity contribution is 14.0. The molecule has 1 amide bonds. The quantitative estimate of drug-likeness (QED) is 0.367. The van der Waals surface area contributed by atoms with E-state index >= 15 is 0 Å². The van der Waals surface area contributed by atoms with Crippen molar-refractivity contribution in [2.45, 2.75) is 37.5 Å². The highest BCUT2D eigenvalue weighted by atomic mass is 127. The highest BCUT2D eigenvalue weighted by Gasteiger charge is 2.44. The molecular formula is C20H30ClIN4O. The molecule has 0 aromatic heterocycles. The second kappa shape index (κ2) is 9.96. The van der Waals surface area contributed by atoms with E-state index in [9.17, 15) is 4.79 Å². The first kappa shape index (κ1) is 22.3. The fraction of sp³-hybridized carbons (Fsp3) is 0.600. The summed E-state index contributed by atoms with van der Waals surface area (Å²) < 4.78 is 0. The Morgan fingerprint density at radius 3 is 2.59 bits per heavy atom. The summed E-state index contributed by atoms with van der Waals surface area (Å²) in [5, 5.41) is 7.11. The van der Waals surface area contributed by atoms with Crippen molar-refractivity contribution < 1.29 is 4.79 Å². The van der Waals surface area contributed by atoms with Crippen molar-refractivity contribution in [1.29, 1.82) is 0 Å². The predicted octanol–water partition coefficient (Wildman–Crippen LogP) is 3.41. The van der Waals surface area contributed by atoms with Gasteiger partial charge in [0.1, 0.15) is 0 Å². The van der Waals surface area contributed by atoms with Crippen molar-refractivity contribution in [2.75, 3.05) is 33.7 Å². The van der Waals surface area contributed by atoms with Gasteiger partial charge in [-0.05, 0) is 49.3 Å². The highest BCUT2D eigenvalue weighted by Crippen LogP contribution is 2.48. The standard InChI is InChI=1S/C20H29ClN4O.HI/c1-22-18(26)12-15-6-10-25(11-7-15)19(23-2)24-14-20(8-9-20)16-4-3-5-17(21)13-16;/h3-5,13,15H,6-12,14H2,1-2H3,(H,22,26)(H,23,24);1H. The lowest BCUT2D eigenvalue weighted by molar-refractivity contribution is -0.121. The van der Waals surface area contributed by atoms with Crippen molar-refractivity contribution >= 4 is 47.4 Å². The minimum Gasteiger partial charge on any atom is -0.359 e. The Hall–Kier alpha value is -1.02. The van der Waals surface area contributed by atoms with E-state index < -0.39 is 0 Å². The molecule has 7 heteroatoms. The Balaban J connectivity index is 0.00000261. The van der Waals surface area contributed by atoms with E-state index in [2.05, 4.69) is 32.7 Å². The first-order valence-electron chi connectivity index (χ1n) is 9.48. The minimum atomic E-state index is 0. The number of aliphatic imine (C=N–C) groups is 1. The smallest absolute Gasteiger partial charge is 0.220 e. The molecule has 0 bridgehead atoms. The number of rotatable bonds is 5. The number of hydrogen-bond donors (Lipinski definition) is 2. The molecule has 0 unspecified atom stereocenters. The summed E-state index contributed by atoms with van der Waals surface area (Å²) in [6, 6.07) is 8.22. The third kappa shape index (κ3) is 5.73. The van der Waals surface area contributed by atoms with E-state index in [0.717, 1.165) is 43.5 Å². The number of carbonyl (C=O) groups excluding carboxylic acids is 1. The molecule has 0 atom stereocenters. The number of likely N-dealkylation sites (tertiary alicyclic amines) is 1. The van der Waals surface area contributed by atoms with Crippen LogP contribution in [0.5, 0.6) is 0 Å². The van der Waals surface area contributed by atoms with Crippen LogP contribution in [-0.4, -0.2) is 50.5 Å². The van der Waals surface area contributed by atoms with E-state index in [1.165, 1.54) is 18.4 Å². The Morgan fingerprint density at radius 2 is 2.04 bits per heavy atom. The van der Waals surface area contributed by atoms with Gasteiger partial charge in [-0.15, -0.1) is 24.0 Å². The van der Waals surface area contributed by atoms with E-state index in [1.807, 2.05) is 19.2 Å². The second-order valence-corrected chi connectivity index (χ2v) is 7.94. The molecule has 1 aromatic carbocycles. The van der Waals surface area contributed by atoms with Gasteiger partial charge >= 0.3 is 0 Å². The number of nitrogens with zero attached hydrogens (tertiary/aromatic N) is 2. The Morgan fingerprint density at radius 1 is 1.33 bits per heavy atom. The first-order valence-corrected chi connectivity index (χ1v) is 9.86. The van der Waals surface area contributed by atoms with Crippen LogP contribution in [0.3, 0.4) is 0 Å². The van der Waals surface area contributed by atoms with Gasteiger partial charge < -0.3 is 15.5 Å². The number of halogens is 2. The molecule has 1 aromatic rings. The van der Waals surface area contributed by atoms with Gasteiger partial charge in [0.15, 0.2) is 5.96 Å². The van der Waals surface area contributed by atoms with Crippen LogP contribution in [0.25, 0.3) is 0 Å². The lowest BCUT2D eigenvalue weighted by atomic mass is 9.93. The minimum absolute atomic E-state index is 0. The van der Waals surface area contributed by atoms with Gasteiger partial charge in [-0.2, -0.15) is 0 Å². The van der Waals surface area contributed by atoms with Gasteiger partial charge in [-0.3, -0.25) is 9.79 Å². The van der Waals surface area contributed by atoms with Crippen LogP contribution < -0.4 is 10.6 Å². The Bertz CT molecular complexity index is 670. The van der Waals surface area contributed by atoms with Gasteiger partial charge in [0, 0.05) is 50.6 Å². The number of benzene rings is 1. The van der Waals surface area contributed by atoms with E-state index in [-0.39, 0.29) is 35.3 Å². The van der Waals surface area contributed by atoms with Crippen LogP contribution in [0.15, 0.2) is 29.3 Å². The topological polar surface area (TPSA) is 56.7 Å². The fourth-order valence-corrected chi connectivity index (χ4v) is 4.02. The zero-order valence-corrected chi connectivity index (χ0v) is 19.2. The van der Waals surface area contributed by atoms with Crippen molar-refractivity contribution in [1.82, 2.24) is 15.5 Å². The summed E-state index contributed by atoms with van der Waals surface area (Å²) >= 11 is 6.17. The SMILES string of the molecule is CN=C(NCC1(c2cccc(Cl)c2)CC1)N1CCC(CC(=O)NC)CC1.I. The van der Waals surface area contributed by atoms with Crippen LogP contribution in [0.4, 0.5) is 0 Å². The van der Waals surface area contributed by atoms with E-state index in [4.69, 9.17) is 11.6 Å². The zero-order chi connectivity index (χ0) is 18.6. The van der Waals surface area contributed by atoms with Gasteiger partial charge in [-0.25, -0.2) is 0 Å². The predicted molar refractivity (Wildman–Crippen MR) is 122 cm³/mol. The molecule has 1 saturated carbocycles. The van der Waals surface area contributed by atoms with Crippen LogP contribution in [-0.2, 0) is 10.2 Å². The van der Waals surface area contributed by atoms with Crippen LogP contribution in [0, 0.1) is 5.92 Å². The average molecular weight is 505 g/mol. The lowest BCUT2D eigenvalue weighted by Gasteiger charge is -2.34. The van der Waals surface area contributed by atoms with Gasteiger partial charge in [0.25, 0.3) is 0 Å². The summed E-state index contributed by atoms with van der Waals surface area (Å²) in [5.41, 5.74) is 1.51. The number of carbonyl (C=O) groups is 1. The summed E-state index contributed by atoms with van der Waals surface area (Å²) in [5.74, 6) is 1.59. The van der Waals surface area contributed by atoms with E-state index in [1.54, 1.807) is 7.05 Å². The molecule has 0 spiro atoms. The van der Waals surface area contributed by atoms with Crippen LogP contribution in [0.2, 0.25) is 5.02 Å². The normalized spacial score (nSPS) is 19.2. The molecule has 1 aliphatic heterocycles. The molecule has 1 aliphatic carbocycles. The maximum absolute atomic E-state index is 11.6. The first-order chi connectivity index (χ1) is 12.6. The maximum atomic E-state index is 11.6. The molecule has 0 radical (unpaired) electrons. The molecule has 1 saturated heterocycles. The molecule has 150 valence electrons. The largest absolute Gasteiger partial charge is 0.359 e. The van der Waals surface area contributed by atoms with Crippen LogP contribution in [0.1, 0.15) is 37.7 Å². The zero-order valence-electron chi connectivity index (χ0n) is 16.1. The van der Waals surface area contributed by atoms with Crippen LogP contribution >= 0.6 is 35.6 Å². The van der Waals surface area contributed by atoms with Crippen molar-refractivity contribution in [3.8, 4) is 0 Å². The fourth-order valence-electron chi connectivity index (χ4n) is 3.83. The van der Waals surface area contributed by atoms with Crippen molar-refractivity contribution in [2.24, 2.45) is 10.9 Å². The molecule has 27 heavy (non-hydrogen) atoms. The van der Waals surface area contributed by atoms with Crippen molar-refractivity contribution in [3.05, 3.63) is 34.9 Å². The summed E-state index contributed by atoms with van der Waals surface area (Å²) in [6.45, 7) is 2.79. The number of guanidine groups is 1. The molecule has 3 rings (SSSR count). The number of amides is 1. The molecule has 1 heterocycles. The summed E-state index contributed by atoms with van der Waals surface area (Å²) in [6.07, 6.45) is 5.08. The molecule has 2 fully saturated rings. The number of piperidine rings is 1. The monoisotopic (exact) mass is 504 g/mol. The number of hydrogen-bond acceptors (Lipinski definition) is 2. The summed E-state index contributed by atoms with van der Waals surface area (Å²) in [4.78, 5) is 18.4. The van der Waals surface area contributed by atoms with Crippen molar-refractivity contribution in [3.63, 3.8) is 0 Å². The molecular weight excluding hydrogens is 475 g/mol. The second-order valence-electron chi connectivity index (χ2n) is 7.50. The van der Waals surface area contributed by atoms with E-state index in [0.29, 0.717) is 12.3 Å². The van der Waals surface area contributed by atoms with Gasteiger partial charge in [0.2, 0.25) is 5.91 Å². The Kier molecular flexibility index (Phi) is 8.21. The lowest BCUT2D eigenvalue weighted by Crippen LogP contribution is -2.47.